The molecule has 1 aromatic carbocycles. The maximum absolute atomic E-state index is 11.1. The summed E-state index contributed by atoms with van der Waals surface area (Å²) in [6, 6.07) is 4.92. The average molecular weight is 272 g/mol. The lowest BCUT2D eigenvalue weighted by Crippen LogP contribution is -2.16. The van der Waals surface area contributed by atoms with Crippen molar-refractivity contribution < 1.29 is 14.3 Å². The van der Waals surface area contributed by atoms with Gasteiger partial charge in [0.2, 0.25) is 11.8 Å². The summed E-state index contributed by atoms with van der Waals surface area (Å²) in [5.74, 6) is 0.595. The third-order valence-corrected chi connectivity index (χ3v) is 2.82. The summed E-state index contributed by atoms with van der Waals surface area (Å²) in [7, 11) is 0. The van der Waals surface area contributed by atoms with Gasteiger partial charge in [0.25, 0.3) is 5.89 Å². The van der Waals surface area contributed by atoms with Gasteiger partial charge in [0, 0.05) is 24.4 Å². The Balaban J connectivity index is 1.90. The first-order valence-corrected chi connectivity index (χ1v) is 6.01. The molecule has 0 fully saturated rings. The van der Waals surface area contributed by atoms with Gasteiger partial charge in [-0.15, -0.1) is 10.2 Å². The van der Waals surface area contributed by atoms with Crippen LogP contribution in [-0.4, -0.2) is 27.8 Å². The molecule has 1 amide bonds. The fourth-order valence-electron chi connectivity index (χ4n) is 1.90. The van der Waals surface area contributed by atoms with Crippen molar-refractivity contribution in [2.75, 3.05) is 11.9 Å². The lowest BCUT2D eigenvalue weighted by molar-refractivity contribution is -0.115. The van der Waals surface area contributed by atoms with Gasteiger partial charge < -0.3 is 20.2 Å². The Bertz CT molecular complexity index is 705. The number of aromatic nitrogens is 2. The summed E-state index contributed by atoms with van der Waals surface area (Å²) in [5, 5.41) is 23.2. The highest BCUT2D eigenvalue weighted by molar-refractivity contribution is 5.91. The van der Waals surface area contributed by atoms with Gasteiger partial charge in [0.15, 0.2) is 0 Å². The zero-order chi connectivity index (χ0) is 14.1. The van der Waals surface area contributed by atoms with Crippen molar-refractivity contribution in [3.8, 4) is 17.2 Å². The topological polar surface area (TPSA) is 100 Å². The van der Waals surface area contributed by atoms with Gasteiger partial charge in [-0.05, 0) is 18.2 Å². The molecule has 20 heavy (non-hydrogen) atoms. The number of benzene rings is 1. The molecule has 0 saturated heterocycles. The third kappa shape index (κ3) is 2.33. The number of phenols is 1. The fourth-order valence-corrected chi connectivity index (χ4v) is 1.90. The fraction of sp³-hybridized carbons (Fsp3) is 0.154. The number of amides is 1. The zero-order valence-electron chi connectivity index (χ0n) is 10.7. The van der Waals surface area contributed by atoms with Crippen LogP contribution in [0.1, 0.15) is 5.89 Å². The second kappa shape index (κ2) is 4.69. The monoisotopic (exact) mass is 272 g/mol. The highest BCUT2D eigenvalue weighted by atomic mass is 16.4. The molecule has 1 aromatic heterocycles. The molecule has 0 bridgehead atoms. The van der Waals surface area contributed by atoms with E-state index in [0.717, 1.165) is 11.4 Å². The van der Waals surface area contributed by atoms with E-state index in [4.69, 9.17) is 4.42 Å². The number of aryl methyl sites for hydroxylation is 1. The highest BCUT2D eigenvalue weighted by Gasteiger charge is 2.14. The van der Waals surface area contributed by atoms with Gasteiger partial charge in [0.1, 0.15) is 5.75 Å². The number of rotatable bonds is 3. The molecular weight excluding hydrogens is 260 g/mol. The Labute approximate surface area is 114 Å². The molecule has 0 spiro atoms. The predicted octanol–water partition coefficient (Wildman–Crippen LogP) is 1.18. The van der Waals surface area contributed by atoms with Gasteiger partial charge in [-0.2, -0.15) is 0 Å². The molecule has 0 atom stereocenters. The van der Waals surface area contributed by atoms with E-state index in [2.05, 4.69) is 20.8 Å². The van der Waals surface area contributed by atoms with E-state index < -0.39 is 0 Å². The van der Waals surface area contributed by atoms with E-state index in [1.54, 1.807) is 19.1 Å². The van der Waals surface area contributed by atoms with E-state index >= 15 is 0 Å². The molecule has 102 valence electrons. The third-order valence-electron chi connectivity index (χ3n) is 2.82. The molecule has 1 aliphatic heterocycles. The number of hydrogen-bond donors (Lipinski definition) is 3. The maximum Gasteiger partial charge on any atom is 0.251 e. The number of nitrogens with zero attached hydrogens (tertiary/aromatic N) is 2. The molecule has 2 aromatic rings. The summed E-state index contributed by atoms with van der Waals surface area (Å²) in [6.45, 7) is 2.13. The van der Waals surface area contributed by atoms with Crippen LogP contribution in [0.4, 0.5) is 5.69 Å². The van der Waals surface area contributed by atoms with Crippen LogP contribution in [0.5, 0.6) is 5.75 Å². The Hall–Kier alpha value is -2.83. The van der Waals surface area contributed by atoms with Crippen LogP contribution in [0.3, 0.4) is 0 Å². The van der Waals surface area contributed by atoms with Crippen molar-refractivity contribution in [3.05, 3.63) is 35.9 Å². The van der Waals surface area contributed by atoms with Crippen LogP contribution in [-0.2, 0) is 4.79 Å². The molecular formula is C13H12N4O3. The molecule has 1 aliphatic rings. The number of aromatic hydroxyl groups is 1. The summed E-state index contributed by atoms with van der Waals surface area (Å²) in [4.78, 5) is 11.1. The number of hydrogen-bond acceptors (Lipinski definition) is 6. The number of carbonyl (C=O) groups excluding carboxylic acids is 1. The van der Waals surface area contributed by atoms with Crippen molar-refractivity contribution in [2.45, 2.75) is 6.92 Å². The molecule has 0 saturated carbocycles. The SMILES string of the molecule is Cc1nnc(-c2cc(NC3=CC(=O)NC3)ccc2O)o1. The predicted molar refractivity (Wildman–Crippen MR) is 70.9 cm³/mol. The Morgan fingerprint density at radius 2 is 2.25 bits per heavy atom. The van der Waals surface area contributed by atoms with E-state index in [0.29, 0.717) is 18.0 Å². The second-order valence-electron chi connectivity index (χ2n) is 4.37. The summed E-state index contributed by atoms with van der Waals surface area (Å²) in [5.41, 5.74) is 1.92. The lowest BCUT2D eigenvalue weighted by atomic mass is 10.1. The van der Waals surface area contributed by atoms with Crippen molar-refractivity contribution >= 4 is 11.6 Å². The molecule has 0 unspecified atom stereocenters. The first-order valence-electron chi connectivity index (χ1n) is 6.01. The molecule has 0 radical (unpaired) electrons. The average Bonchev–Trinajstić information content (AvgIpc) is 3.01. The minimum Gasteiger partial charge on any atom is -0.507 e. The molecule has 7 nitrogen and oxygen atoms in total. The molecule has 3 rings (SSSR count). The Morgan fingerprint density at radius 1 is 1.40 bits per heavy atom. The molecule has 7 heteroatoms. The molecule has 2 heterocycles. The summed E-state index contributed by atoms with van der Waals surface area (Å²) < 4.78 is 5.30. The first-order chi connectivity index (χ1) is 9.61. The van der Waals surface area contributed by atoms with Crippen LogP contribution in [0.25, 0.3) is 11.5 Å². The summed E-state index contributed by atoms with van der Waals surface area (Å²) in [6.07, 6.45) is 1.49. The number of anilines is 1. The molecule has 0 aliphatic carbocycles. The second-order valence-corrected chi connectivity index (χ2v) is 4.37. The first kappa shape index (κ1) is 12.2. The summed E-state index contributed by atoms with van der Waals surface area (Å²) >= 11 is 0. The minimum atomic E-state index is -0.126. The largest absolute Gasteiger partial charge is 0.507 e. The van der Waals surface area contributed by atoms with Crippen molar-refractivity contribution in [3.63, 3.8) is 0 Å². The van der Waals surface area contributed by atoms with Crippen LogP contribution in [0.2, 0.25) is 0 Å². The van der Waals surface area contributed by atoms with E-state index in [-0.39, 0.29) is 17.5 Å². The number of carbonyl (C=O) groups is 1. The minimum absolute atomic E-state index is 0.0498. The Kier molecular flexibility index (Phi) is 2.86. The van der Waals surface area contributed by atoms with Gasteiger partial charge in [0.05, 0.1) is 12.1 Å². The van der Waals surface area contributed by atoms with Crippen LogP contribution in [0, 0.1) is 6.92 Å². The van der Waals surface area contributed by atoms with Crippen LogP contribution < -0.4 is 10.6 Å². The van der Waals surface area contributed by atoms with E-state index in [1.807, 2.05) is 0 Å². The number of nitrogens with one attached hydrogen (secondary N) is 2. The van der Waals surface area contributed by atoms with Gasteiger partial charge >= 0.3 is 0 Å². The van der Waals surface area contributed by atoms with Gasteiger partial charge in [-0.3, -0.25) is 4.79 Å². The van der Waals surface area contributed by atoms with Crippen molar-refractivity contribution in [1.29, 1.82) is 0 Å². The maximum atomic E-state index is 11.1. The van der Waals surface area contributed by atoms with Crippen molar-refractivity contribution in [1.82, 2.24) is 15.5 Å². The smallest absolute Gasteiger partial charge is 0.251 e. The van der Waals surface area contributed by atoms with Crippen LogP contribution in [0.15, 0.2) is 34.4 Å². The van der Waals surface area contributed by atoms with Crippen LogP contribution >= 0.6 is 0 Å². The van der Waals surface area contributed by atoms with E-state index in [1.165, 1.54) is 12.1 Å². The van der Waals surface area contributed by atoms with E-state index in [9.17, 15) is 9.90 Å². The number of phenolic OH excluding ortho intramolecular Hbond substituents is 1. The highest BCUT2D eigenvalue weighted by Crippen LogP contribution is 2.31. The zero-order valence-corrected chi connectivity index (χ0v) is 10.7. The van der Waals surface area contributed by atoms with Crippen molar-refractivity contribution in [2.24, 2.45) is 0 Å². The molecule has 3 N–H and O–H groups in total. The lowest BCUT2D eigenvalue weighted by Gasteiger charge is -2.08. The Morgan fingerprint density at radius 3 is 2.90 bits per heavy atom. The normalized spacial score (nSPS) is 14.1. The van der Waals surface area contributed by atoms with Gasteiger partial charge in [-0.25, -0.2) is 0 Å². The standard InChI is InChI=1S/C13H12N4O3/c1-7-16-17-13(20-7)10-4-8(2-3-11(10)18)15-9-5-12(19)14-6-9/h2-5,15,18H,6H2,1H3,(H,14,19). The van der Waals surface area contributed by atoms with Gasteiger partial charge in [-0.1, -0.05) is 0 Å². The quantitative estimate of drug-likeness (QED) is 0.725.